The highest BCUT2D eigenvalue weighted by Gasteiger charge is 2.41. The van der Waals surface area contributed by atoms with Crippen LogP contribution in [-0.2, 0) is 4.74 Å². The summed E-state index contributed by atoms with van der Waals surface area (Å²) in [6.07, 6.45) is 2.57. The highest BCUT2D eigenvalue weighted by Crippen LogP contribution is 2.39. The van der Waals surface area contributed by atoms with Gasteiger partial charge in [0.25, 0.3) is 0 Å². The average molecular weight is 299 g/mol. The van der Waals surface area contributed by atoms with E-state index in [2.05, 4.69) is 10.2 Å². The second-order valence-corrected chi connectivity index (χ2v) is 5.96. The Hall–Kier alpha value is -0.680. The second-order valence-electron chi connectivity index (χ2n) is 5.55. The summed E-state index contributed by atoms with van der Waals surface area (Å²) in [6, 6.07) is 5.83. The summed E-state index contributed by atoms with van der Waals surface area (Å²) in [6.45, 7) is 2.47. The largest absolute Gasteiger partial charge is 0.374 e. The first-order valence-electron chi connectivity index (χ1n) is 7.17. The van der Waals surface area contributed by atoms with Gasteiger partial charge in [-0.3, -0.25) is 4.90 Å². The van der Waals surface area contributed by atoms with E-state index in [1.807, 2.05) is 13.1 Å². The van der Waals surface area contributed by atoms with Crippen LogP contribution in [-0.4, -0.2) is 43.8 Å². The number of hydrogen-bond donors (Lipinski definition) is 1. The van der Waals surface area contributed by atoms with Crippen molar-refractivity contribution in [2.75, 3.05) is 26.7 Å². The summed E-state index contributed by atoms with van der Waals surface area (Å²) in [5.74, 6) is -0.365. The molecule has 0 spiro atoms. The monoisotopic (exact) mass is 298 g/mol. The minimum Gasteiger partial charge on any atom is -0.374 e. The van der Waals surface area contributed by atoms with Crippen molar-refractivity contribution >= 4 is 11.6 Å². The fraction of sp³-hybridized carbons (Fsp3) is 0.600. The molecule has 0 amide bonds. The molecule has 0 aromatic heterocycles. The number of likely N-dealkylation sites (N-methyl/N-ethyl adjacent to an activating group) is 1. The summed E-state index contributed by atoms with van der Waals surface area (Å²) >= 11 is 5.95. The number of rotatable bonds is 4. The van der Waals surface area contributed by atoms with E-state index in [0.29, 0.717) is 6.04 Å². The van der Waals surface area contributed by atoms with Crippen molar-refractivity contribution in [1.82, 2.24) is 10.2 Å². The molecule has 1 aliphatic carbocycles. The molecule has 1 aromatic rings. The molecule has 2 unspecified atom stereocenters. The molecule has 3 rings (SSSR count). The molecule has 20 heavy (non-hydrogen) atoms. The van der Waals surface area contributed by atoms with E-state index in [9.17, 15) is 4.39 Å². The van der Waals surface area contributed by atoms with Gasteiger partial charge in [0, 0.05) is 19.1 Å². The fourth-order valence-electron chi connectivity index (χ4n) is 3.04. The number of benzene rings is 1. The quantitative estimate of drug-likeness (QED) is 0.925. The van der Waals surface area contributed by atoms with Crippen molar-refractivity contribution in [2.24, 2.45) is 0 Å². The van der Waals surface area contributed by atoms with E-state index < -0.39 is 0 Å². The van der Waals surface area contributed by atoms with Crippen molar-refractivity contribution in [2.45, 2.75) is 31.0 Å². The normalized spacial score (nSPS) is 27.8. The van der Waals surface area contributed by atoms with Crippen LogP contribution in [0.4, 0.5) is 4.39 Å². The zero-order valence-corrected chi connectivity index (χ0v) is 12.4. The summed E-state index contributed by atoms with van der Waals surface area (Å²) in [7, 11) is 1.92. The first-order valence-corrected chi connectivity index (χ1v) is 7.55. The van der Waals surface area contributed by atoms with Gasteiger partial charge in [-0.2, -0.15) is 0 Å². The summed E-state index contributed by atoms with van der Waals surface area (Å²) in [5.41, 5.74) is 1.04. The van der Waals surface area contributed by atoms with Gasteiger partial charge in [-0.15, -0.1) is 0 Å². The topological polar surface area (TPSA) is 24.5 Å². The van der Waals surface area contributed by atoms with Gasteiger partial charge in [-0.05, 0) is 37.6 Å². The Morgan fingerprint density at radius 2 is 2.25 bits per heavy atom. The zero-order chi connectivity index (χ0) is 14.1. The van der Waals surface area contributed by atoms with Gasteiger partial charge in [0.1, 0.15) is 5.82 Å². The maximum absolute atomic E-state index is 13.4. The Kier molecular flexibility index (Phi) is 4.26. The number of ether oxygens (including phenoxy) is 1. The van der Waals surface area contributed by atoms with E-state index in [-0.39, 0.29) is 23.0 Å². The molecule has 0 bridgehead atoms. The maximum atomic E-state index is 13.4. The fourth-order valence-corrected chi connectivity index (χ4v) is 3.23. The second kappa shape index (κ2) is 5.98. The first kappa shape index (κ1) is 14.3. The highest BCUT2D eigenvalue weighted by molar-refractivity contribution is 6.30. The Morgan fingerprint density at radius 1 is 1.45 bits per heavy atom. The van der Waals surface area contributed by atoms with Crippen LogP contribution in [0.25, 0.3) is 0 Å². The molecule has 3 nitrogen and oxygen atoms in total. The van der Waals surface area contributed by atoms with Crippen LogP contribution < -0.4 is 5.32 Å². The Labute approximate surface area is 124 Å². The third-order valence-corrected chi connectivity index (χ3v) is 4.39. The van der Waals surface area contributed by atoms with E-state index in [1.54, 1.807) is 6.07 Å². The lowest BCUT2D eigenvalue weighted by Crippen LogP contribution is -2.49. The average Bonchev–Trinajstić information content (AvgIpc) is 3.27. The molecular weight excluding hydrogens is 279 g/mol. The van der Waals surface area contributed by atoms with E-state index in [0.717, 1.165) is 25.3 Å². The lowest BCUT2D eigenvalue weighted by atomic mass is 9.97. The number of nitrogens with zero attached hydrogens (tertiary/aromatic N) is 1. The van der Waals surface area contributed by atoms with Crippen molar-refractivity contribution in [3.05, 3.63) is 34.6 Å². The van der Waals surface area contributed by atoms with Crippen molar-refractivity contribution in [1.29, 1.82) is 0 Å². The predicted octanol–water partition coefficient (Wildman–Crippen LogP) is 2.60. The van der Waals surface area contributed by atoms with Gasteiger partial charge in [-0.25, -0.2) is 4.39 Å². The molecule has 110 valence electrons. The smallest absolute Gasteiger partial charge is 0.141 e. The predicted molar refractivity (Wildman–Crippen MR) is 77.5 cm³/mol. The van der Waals surface area contributed by atoms with Crippen LogP contribution in [0.15, 0.2) is 18.2 Å². The molecule has 2 aliphatic rings. The van der Waals surface area contributed by atoms with Gasteiger partial charge in [0.2, 0.25) is 0 Å². The molecule has 1 saturated carbocycles. The van der Waals surface area contributed by atoms with Gasteiger partial charge < -0.3 is 10.1 Å². The standard InChI is InChI=1S/C15H20ClFN2O/c1-18-9-14-15(10-2-5-13(17)12(16)8-10)19(6-7-20-14)11-3-4-11/h2,5,8,11,14-15,18H,3-4,6-7,9H2,1H3. The summed E-state index contributed by atoms with van der Waals surface area (Å²) in [4.78, 5) is 2.50. The first-order chi connectivity index (χ1) is 9.70. The molecular formula is C15H20ClFN2O. The molecule has 1 heterocycles. The zero-order valence-electron chi connectivity index (χ0n) is 11.6. The minimum absolute atomic E-state index is 0.0795. The van der Waals surface area contributed by atoms with E-state index in [1.165, 1.54) is 18.9 Å². The SMILES string of the molecule is CNCC1OCCN(C2CC2)C1c1ccc(F)c(Cl)c1. The maximum Gasteiger partial charge on any atom is 0.141 e. The van der Waals surface area contributed by atoms with Gasteiger partial charge in [-0.1, -0.05) is 17.7 Å². The van der Waals surface area contributed by atoms with Crippen LogP contribution in [0.5, 0.6) is 0 Å². The van der Waals surface area contributed by atoms with Crippen molar-refractivity contribution in [3.8, 4) is 0 Å². The van der Waals surface area contributed by atoms with Crippen LogP contribution >= 0.6 is 11.6 Å². The molecule has 2 fully saturated rings. The van der Waals surface area contributed by atoms with Crippen molar-refractivity contribution in [3.63, 3.8) is 0 Å². The molecule has 2 atom stereocenters. The van der Waals surface area contributed by atoms with Crippen LogP contribution in [0.2, 0.25) is 5.02 Å². The third-order valence-electron chi connectivity index (χ3n) is 4.10. The van der Waals surface area contributed by atoms with Gasteiger partial charge in [0.15, 0.2) is 0 Å². The van der Waals surface area contributed by atoms with E-state index >= 15 is 0 Å². The lowest BCUT2D eigenvalue weighted by molar-refractivity contribution is -0.0740. The highest BCUT2D eigenvalue weighted by atomic mass is 35.5. The van der Waals surface area contributed by atoms with Crippen LogP contribution in [0.3, 0.4) is 0 Å². The van der Waals surface area contributed by atoms with E-state index in [4.69, 9.17) is 16.3 Å². The summed E-state index contributed by atoms with van der Waals surface area (Å²) in [5, 5.41) is 3.37. The van der Waals surface area contributed by atoms with Gasteiger partial charge >= 0.3 is 0 Å². The molecule has 5 heteroatoms. The number of hydrogen-bond acceptors (Lipinski definition) is 3. The molecule has 0 radical (unpaired) electrons. The molecule has 1 aromatic carbocycles. The minimum atomic E-state index is -0.365. The number of halogens is 2. The van der Waals surface area contributed by atoms with Crippen LogP contribution in [0, 0.1) is 5.82 Å². The number of nitrogens with one attached hydrogen (secondary N) is 1. The van der Waals surface area contributed by atoms with Crippen LogP contribution in [0.1, 0.15) is 24.4 Å². The Morgan fingerprint density at radius 3 is 2.90 bits per heavy atom. The Bertz CT molecular complexity index is 479. The number of morpholine rings is 1. The molecule has 1 aliphatic heterocycles. The lowest BCUT2D eigenvalue weighted by Gasteiger charge is -2.42. The molecule has 1 N–H and O–H groups in total. The third kappa shape index (κ3) is 2.84. The summed E-state index contributed by atoms with van der Waals surface area (Å²) < 4.78 is 19.3. The molecule has 1 saturated heterocycles. The van der Waals surface area contributed by atoms with Crippen molar-refractivity contribution < 1.29 is 9.13 Å². The Balaban J connectivity index is 1.91. The van der Waals surface area contributed by atoms with Gasteiger partial charge in [0.05, 0.1) is 23.8 Å².